The monoisotopic (exact) mass is 872 g/mol. The third-order valence-corrected chi connectivity index (χ3v) is 15.4. The summed E-state index contributed by atoms with van der Waals surface area (Å²) in [5, 5.41) is 10.2. The number of aliphatic hydroxyl groups is 1. The van der Waals surface area contributed by atoms with Crippen LogP contribution in [0.25, 0.3) is 0 Å². The third-order valence-electron chi connectivity index (χ3n) is 15.4. The molecule has 0 aliphatic heterocycles. The number of hydrogen-bond donors (Lipinski definition) is 1. The second-order valence-electron chi connectivity index (χ2n) is 27.6. The Bertz CT molecular complexity index is 1190. The molecule has 5 aliphatic carbocycles. The number of aromatic nitrogens is 1. The van der Waals surface area contributed by atoms with E-state index in [1.165, 1.54) is 141 Å². The first-order chi connectivity index (χ1) is 27.8. The van der Waals surface area contributed by atoms with Crippen molar-refractivity contribution in [3.63, 3.8) is 0 Å². The highest BCUT2D eigenvalue weighted by Crippen LogP contribution is 2.43. The first-order valence-electron chi connectivity index (χ1n) is 26.5. The van der Waals surface area contributed by atoms with Gasteiger partial charge in [-0.1, -0.05) is 235 Å². The van der Waals surface area contributed by atoms with Gasteiger partial charge in [0.05, 0.1) is 11.8 Å². The predicted molar refractivity (Wildman–Crippen MR) is 278 cm³/mol. The Balaban J connectivity index is 0.000000719. The minimum absolute atomic E-state index is 0. The Kier molecular flexibility index (Phi) is 27.4. The van der Waals surface area contributed by atoms with Gasteiger partial charge in [0.2, 0.25) is 0 Å². The Hall–Kier alpha value is -0.830. The molecule has 0 bridgehead atoms. The molecule has 5 aliphatic rings. The van der Waals surface area contributed by atoms with Gasteiger partial charge in [-0.05, 0) is 114 Å². The topological polar surface area (TPSA) is 46.3 Å². The normalized spacial score (nSPS) is 23.2. The lowest BCUT2D eigenvalue weighted by atomic mass is 9.68. The maximum atomic E-state index is 10.2. The summed E-state index contributed by atoms with van der Waals surface area (Å²) in [5.74, 6) is 5.83. The van der Waals surface area contributed by atoms with Crippen molar-refractivity contribution >= 4 is 0 Å². The van der Waals surface area contributed by atoms with E-state index in [-0.39, 0.29) is 23.9 Å². The maximum Gasteiger partial charge on any atom is 0.199 e. The highest BCUT2D eigenvalue weighted by molar-refractivity contribution is 4.96. The van der Waals surface area contributed by atoms with Gasteiger partial charge >= 0.3 is 0 Å². The fourth-order valence-electron chi connectivity index (χ4n) is 10.6. The number of oxazole rings is 1. The minimum atomic E-state index is -0.384. The van der Waals surface area contributed by atoms with Gasteiger partial charge in [0.25, 0.3) is 0 Å². The van der Waals surface area contributed by atoms with Crippen LogP contribution in [0.1, 0.15) is 299 Å². The molecular formula is C59H117NO2. The summed E-state index contributed by atoms with van der Waals surface area (Å²) in [4.78, 5) is 4.02. The van der Waals surface area contributed by atoms with E-state index >= 15 is 0 Å². The van der Waals surface area contributed by atoms with E-state index in [0.29, 0.717) is 21.7 Å². The molecule has 1 heterocycles. The zero-order chi connectivity index (χ0) is 46.8. The summed E-state index contributed by atoms with van der Waals surface area (Å²) < 4.78 is 5.09. The quantitative estimate of drug-likeness (QED) is 0.306. The van der Waals surface area contributed by atoms with E-state index in [2.05, 4.69) is 137 Å². The van der Waals surface area contributed by atoms with Crippen molar-refractivity contribution in [3.8, 4) is 0 Å². The zero-order valence-electron chi connectivity index (χ0n) is 45.3. The van der Waals surface area contributed by atoms with Gasteiger partial charge in [0, 0.05) is 5.41 Å². The highest BCUT2D eigenvalue weighted by atomic mass is 16.3. The molecule has 0 spiro atoms. The molecule has 0 unspecified atom stereocenters. The Labute approximate surface area is 392 Å². The molecule has 0 saturated heterocycles. The van der Waals surface area contributed by atoms with Gasteiger partial charge in [-0.2, -0.15) is 0 Å². The summed E-state index contributed by atoms with van der Waals surface area (Å²) >= 11 is 0. The third kappa shape index (κ3) is 26.3. The molecule has 5 fully saturated rings. The van der Waals surface area contributed by atoms with Gasteiger partial charge in [-0.15, -0.1) is 0 Å². The maximum absolute atomic E-state index is 10.2. The van der Waals surface area contributed by atoms with Crippen molar-refractivity contribution in [2.24, 2.45) is 56.7 Å². The van der Waals surface area contributed by atoms with Gasteiger partial charge in [0.1, 0.15) is 6.26 Å². The molecule has 0 radical (unpaired) electrons. The largest absolute Gasteiger partial charge is 0.448 e. The van der Waals surface area contributed by atoms with Gasteiger partial charge in [0.15, 0.2) is 5.89 Å². The van der Waals surface area contributed by atoms with Crippen LogP contribution in [-0.4, -0.2) is 15.7 Å². The van der Waals surface area contributed by atoms with Gasteiger partial charge < -0.3 is 9.52 Å². The van der Waals surface area contributed by atoms with Crippen molar-refractivity contribution in [3.05, 3.63) is 18.4 Å². The lowest BCUT2D eigenvalue weighted by Crippen LogP contribution is -2.44. The smallest absolute Gasteiger partial charge is 0.199 e. The number of rotatable bonds is 1. The Morgan fingerprint density at radius 1 is 0.516 bits per heavy atom. The van der Waals surface area contributed by atoms with E-state index in [0.717, 1.165) is 48.3 Å². The molecule has 62 heavy (non-hydrogen) atoms. The number of hydrogen-bond acceptors (Lipinski definition) is 3. The summed E-state index contributed by atoms with van der Waals surface area (Å²) in [6.07, 6.45) is 37.0. The first kappa shape index (κ1) is 61.2. The summed E-state index contributed by atoms with van der Waals surface area (Å²) in [6, 6.07) is 0. The lowest BCUT2D eigenvalue weighted by Gasteiger charge is -2.43. The molecule has 6 rings (SSSR count). The van der Waals surface area contributed by atoms with Crippen LogP contribution >= 0.6 is 0 Å². The van der Waals surface area contributed by atoms with E-state index in [4.69, 9.17) is 4.42 Å². The van der Waals surface area contributed by atoms with Crippen LogP contribution in [-0.2, 0) is 5.41 Å². The molecule has 1 aromatic rings. The van der Waals surface area contributed by atoms with E-state index in [1.807, 2.05) is 0 Å². The fourth-order valence-corrected chi connectivity index (χ4v) is 10.6. The average molecular weight is 873 g/mol. The van der Waals surface area contributed by atoms with Crippen LogP contribution in [0.15, 0.2) is 16.9 Å². The van der Waals surface area contributed by atoms with Crippen molar-refractivity contribution < 1.29 is 9.52 Å². The summed E-state index contributed by atoms with van der Waals surface area (Å²) in [7, 11) is 0. The van der Waals surface area contributed by atoms with Crippen LogP contribution in [0.3, 0.4) is 0 Å². The van der Waals surface area contributed by atoms with E-state index in [1.54, 1.807) is 12.5 Å². The zero-order valence-corrected chi connectivity index (χ0v) is 45.3. The number of nitrogens with zero attached hydrogens (tertiary/aromatic N) is 1. The van der Waals surface area contributed by atoms with Gasteiger partial charge in [-0.25, -0.2) is 4.98 Å². The van der Waals surface area contributed by atoms with Crippen LogP contribution in [0.4, 0.5) is 0 Å². The molecule has 1 N–H and O–H groups in total. The highest BCUT2D eigenvalue weighted by Gasteiger charge is 2.40. The average Bonchev–Trinajstić information content (AvgIpc) is 3.89. The second-order valence-corrected chi connectivity index (χ2v) is 27.6. The van der Waals surface area contributed by atoms with Crippen molar-refractivity contribution in [1.29, 1.82) is 0 Å². The second kappa shape index (κ2) is 27.7. The Morgan fingerprint density at radius 2 is 0.871 bits per heavy atom. The minimum Gasteiger partial charge on any atom is -0.448 e. The molecule has 3 nitrogen and oxygen atoms in total. The summed E-state index contributed by atoms with van der Waals surface area (Å²) in [5.41, 5.74) is 1.99. The summed E-state index contributed by atoms with van der Waals surface area (Å²) in [6.45, 7) is 43.5. The van der Waals surface area contributed by atoms with Crippen molar-refractivity contribution in [1.82, 2.24) is 4.98 Å². The SMILES string of the molecule is C.CC(C)(C)C1(O)CCCCC1.CC(C)(C)C1CCCC1.CC(C)(C)C1CCCCC1.CC(C)(C)CC1CCCCC1.CC(C)(C)c1ncco1.CC1CCC(C(C)(C)C)CC1. The Morgan fingerprint density at radius 3 is 1.15 bits per heavy atom. The lowest BCUT2D eigenvalue weighted by molar-refractivity contribution is -0.0844. The standard InChI is InChI=1S/2C11H22.C10H20O.C10H20.C9H18.C7H11NO.CH4/c1-9-5-7-10(8-6-9)11(2,3)4;1-11(2,3)9-10-7-5-4-6-8-10;1-9(2,3)10(11)7-5-4-6-8-10;1-10(2,3)9-7-5-4-6-8-9;1-9(2,3)8-6-4-5-7-8;1-7(2,3)6-8-4-5-9-6;/h9-10H,5-8H2,1-4H3;10H,4-9H2,1-3H3;11H,4-8H2,1-3H3;9H,4-8H2,1-3H3;8H,4-7H2,1-3H3;4-5H,1-3H3;1H4. The van der Waals surface area contributed by atoms with Gasteiger partial charge in [-0.3, -0.25) is 0 Å². The molecular weight excluding hydrogens is 755 g/mol. The molecule has 370 valence electrons. The van der Waals surface area contributed by atoms with Crippen LogP contribution in [0.5, 0.6) is 0 Å². The molecule has 1 aromatic heterocycles. The fraction of sp³-hybridized carbons (Fsp3) is 0.949. The van der Waals surface area contributed by atoms with E-state index in [9.17, 15) is 5.11 Å². The molecule has 0 aromatic carbocycles. The molecule has 5 saturated carbocycles. The van der Waals surface area contributed by atoms with Crippen molar-refractivity contribution in [2.75, 3.05) is 0 Å². The first-order valence-corrected chi connectivity index (χ1v) is 26.5. The van der Waals surface area contributed by atoms with Crippen LogP contribution < -0.4 is 0 Å². The van der Waals surface area contributed by atoms with Crippen LogP contribution in [0, 0.1) is 56.7 Å². The molecule has 3 heteroatoms. The van der Waals surface area contributed by atoms with E-state index < -0.39 is 0 Å². The van der Waals surface area contributed by atoms with Crippen molar-refractivity contribution in [2.45, 2.75) is 304 Å². The molecule has 0 atom stereocenters. The molecule has 0 amide bonds. The predicted octanol–water partition coefficient (Wildman–Crippen LogP) is 20.0. The van der Waals surface area contributed by atoms with Crippen LogP contribution in [0.2, 0.25) is 0 Å².